The first-order valence-corrected chi connectivity index (χ1v) is 8.47. The number of rotatable bonds is 6. The molecule has 2 aliphatic heterocycles. The fourth-order valence-electron chi connectivity index (χ4n) is 3.12. The maximum atomic E-state index is 12.0. The van der Waals surface area contributed by atoms with E-state index in [1.54, 1.807) is 0 Å². The number of hydrogen-bond donors (Lipinski definition) is 1. The first-order chi connectivity index (χ1) is 11.4. The Bertz CT molecular complexity index is 496. The van der Waals surface area contributed by atoms with Crippen molar-refractivity contribution in [2.75, 3.05) is 13.1 Å². The van der Waals surface area contributed by atoms with E-state index in [2.05, 4.69) is 24.1 Å². The minimum Gasteiger partial charge on any atom is -0.354 e. The molecule has 8 nitrogen and oxygen atoms in total. The summed E-state index contributed by atoms with van der Waals surface area (Å²) in [5.41, 5.74) is 0. The fraction of sp³-hybridized carbons (Fsp3) is 0.750. The van der Waals surface area contributed by atoms with Gasteiger partial charge in [-0.05, 0) is 26.7 Å². The summed E-state index contributed by atoms with van der Waals surface area (Å²) < 4.78 is 0. The minimum absolute atomic E-state index is 0.0645. The molecule has 1 N–H and O–H groups in total. The molecule has 0 aromatic carbocycles. The first-order valence-electron chi connectivity index (χ1n) is 8.47. The number of imide groups is 1. The third kappa shape index (κ3) is 4.77. The van der Waals surface area contributed by atoms with Crippen molar-refractivity contribution in [3.63, 3.8) is 0 Å². The number of carbonyl (C=O) groups excluding carboxylic acids is 4. The molecule has 24 heavy (non-hydrogen) atoms. The molecule has 0 spiro atoms. The van der Waals surface area contributed by atoms with E-state index in [4.69, 9.17) is 4.84 Å². The number of hydrogen-bond acceptors (Lipinski definition) is 6. The van der Waals surface area contributed by atoms with Crippen LogP contribution < -0.4 is 5.32 Å². The number of piperidine rings is 1. The molecule has 2 saturated heterocycles. The van der Waals surface area contributed by atoms with Gasteiger partial charge in [0.1, 0.15) is 0 Å². The number of carbonyl (C=O) groups is 4. The van der Waals surface area contributed by atoms with Gasteiger partial charge in [-0.15, -0.1) is 5.06 Å². The van der Waals surface area contributed by atoms with Gasteiger partial charge in [0.15, 0.2) is 0 Å². The molecule has 0 aliphatic carbocycles. The first kappa shape index (κ1) is 18.4. The van der Waals surface area contributed by atoms with Gasteiger partial charge in [0.25, 0.3) is 11.8 Å². The summed E-state index contributed by atoms with van der Waals surface area (Å²) in [7, 11) is 0. The quantitative estimate of drug-likeness (QED) is 0.425. The van der Waals surface area contributed by atoms with E-state index >= 15 is 0 Å². The number of nitrogens with zero attached hydrogens (tertiary/aromatic N) is 2. The molecule has 0 saturated carbocycles. The summed E-state index contributed by atoms with van der Waals surface area (Å²) in [4.78, 5) is 53.2. The van der Waals surface area contributed by atoms with E-state index in [-0.39, 0.29) is 31.7 Å². The molecular formula is C16H25N3O5. The van der Waals surface area contributed by atoms with E-state index in [1.807, 2.05) is 0 Å². The van der Waals surface area contributed by atoms with E-state index < -0.39 is 17.8 Å². The van der Waals surface area contributed by atoms with Gasteiger partial charge in [0.2, 0.25) is 5.91 Å². The van der Waals surface area contributed by atoms with Crippen molar-refractivity contribution in [1.82, 2.24) is 15.3 Å². The molecule has 2 heterocycles. The molecule has 2 aliphatic rings. The zero-order valence-corrected chi connectivity index (χ0v) is 14.2. The van der Waals surface area contributed by atoms with E-state index in [9.17, 15) is 19.2 Å². The van der Waals surface area contributed by atoms with Crippen LogP contribution >= 0.6 is 0 Å². The zero-order valence-electron chi connectivity index (χ0n) is 14.2. The summed E-state index contributed by atoms with van der Waals surface area (Å²) >= 11 is 0. The predicted molar refractivity (Wildman–Crippen MR) is 84.3 cm³/mol. The lowest BCUT2D eigenvalue weighted by atomic mass is 9.99. The normalized spacial score (nSPS) is 25.0. The van der Waals surface area contributed by atoms with Crippen LogP contribution in [0.25, 0.3) is 0 Å². The summed E-state index contributed by atoms with van der Waals surface area (Å²) in [6.45, 7) is 4.65. The molecule has 0 aromatic rings. The number of nitrogens with one attached hydrogen (secondary N) is 1. The second-order valence-corrected chi connectivity index (χ2v) is 6.45. The third-order valence-corrected chi connectivity index (χ3v) is 4.55. The van der Waals surface area contributed by atoms with Crippen LogP contribution in [-0.4, -0.2) is 58.8 Å². The Morgan fingerprint density at radius 3 is 2.29 bits per heavy atom. The zero-order chi connectivity index (χ0) is 17.7. The maximum absolute atomic E-state index is 12.0. The lowest BCUT2D eigenvalue weighted by Gasteiger charge is -2.38. The van der Waals surface area contributed by atoms with Crippen LogP contribution in [0.4, 0.5) is 0 Å². The summed E-state index contributed by atoms with van der Waals surface area (Å²) in [6.07, 6.45) is 3.39. The molecule has 3 amide bonds. The monoisotopic (exact) mass is 344 g/mol. The lowest BCUT2D eigenvalue weighted by Crippen LogP contribution is -2.48. The van der Waals surface area contributed by atoms with Crippen LogP contribution in [0.1, 0.15) is 52.4 Å². The molecule has 2 unspecified atom stereocenters. The number of likely N-dealkylation sites (tertiary alicyclic amines) is 1. The van der Waals surface area contributed by atoms with Crippen molar-refractivity contribution in [1.29, 1.82) is 0 Å². The van der Waals surface area contributed by atoms with Crippen molar-refractivity contribution in [2.24, 2.45) is 0 Å². The Hall–Kier alpha value is -1.96. The highest BCUT2D eigenvalue weighted by atomic mass is 16.8. The van der Waals surface area contributed by atoms with Crippen LogP contribution in [0.5, 0.6) is 0 Å². The Balaban J connectivity index is 1.67. The number of amides is 3. The predicted octanol–water partition coefficient (Wildman–Crippen LogP) is 0.363. The van der Waals surface area contributed by atoms with Gasteiger partial charge in [-0.1, -0.05) is 6.42 Å². The lowest BCUT2D eigenvalue weighted by molar-refractivity contribution is -0.197. The van der Waals surface area contributed by atoms with E-state index in [0.29, 0.717) is 23.7 Å². The Morgan fingerprint density at radius 1 is 1.12 bits per heavy atom. The van der Waals surface area contributed by atoms with Gasteiger partial charge in [0.05, 0.1) is 13.0 Å². The van der Waals surface area contributed by atoms with Gasteiger partial charge in [0, 0.05) is 31.5 Å². The van der Waals surface area contributed by atoms with E-state index in [0.717, 1.165) is 12.8 Å². The average Bonchev–Trinajstić information content (AvgIpc) is 2.83. The van der Waals surface area contributed by atoms with Crippen molar-refractivity contribution in [3.05, 3.63) is 0 Å². The molecule has 8 heteroatoms. The van der Waals surface area contributed by atoms with Crippen LogP contribution in [-0.2, 0) is 24.0 Å². The molecular weight excluding hydrogens is 319 g/mol. The molecule has 0 radical (unpaired) electrons. The number of hydroxylamine groups is 2. The summed E-state index contributed by atoms with van der Waals surface area (Å²) in [6, 6.07) is 0.744. The second-order valence-electron chi connectivity index (χ2n) is 6.45. The molecule has 0 bridgehead atoms. The molecule has 2 rings (SSSR count). The maximum Gasteiger partial charge on any atom is 0.334 e. The van der Waals surface area contributed by atoms with Crippen LogP contribution in [0, 0.1) is 0 Å². The third-order valence-electron chi connectivity index (χ3n) is 4.55. The van der Waals surface area contributed by atoms with Crippen molar-refractivity contribution in [3.8, 4) is 0 Å². The van der Waals surface area contributed by atoms with Gasteiger partial charge >= 0.3 is 5.97 Å². The van der Waals surface area contributed by atoms with Gasteiger partial charge < -0.3 is 10.2 Å². The topological polar surface area (TPSA) is 96.0 Å². The molecule has 2 fully saturated rings. The van der Waals surface area contributed by atoms with Crippen molar-refractivity contribution >= 4 is 23.7 Å². The largest absolute Gasteiger partial charge is 0.354 e. The van der Waals surface area contributed by atoms with Crippen molar-refractivity contribution in [2.45, 2.75) is 64.5 Å². The smallest absolute Gasteiger partial charge is 0.334 e. The minimum atomic E-state index is -0.710. The van der Waals surface area contributed by atoms with Crippen LogP contribution in [0.15, 0.2) is 0 Å². The van der Waals surface area contributed by atoms with E-state index in [1.165, 1.54) is 6.42 Å². The molecule has 134 valence electrons. The molecule has 2 atom stereocenters. The average molecular weight is 344 g/mol. The van der Waals surface area contributed by atoms with Crippen LogP contribution in [0.2, 0.25) is 0 Å². The van der Waals surface area contributed by atoms with Gasteiger partial charge in [-0.25, -0.2) is 4.79 Å². The highest BCUT2D eigenvalue weighted by Crippen LogP contribution is 2.21. The second kappa shape index (κ2) is 8.23. The Labute approximate surface area is 141 Å². The highest BCUT2D eigenvalue weighted by Gasteiger charge is 2.32. The van der Waals surface area contributed by atoms with Crippen molar-refractivity contribution < 1.29 is 24.0 Å². The summed E-state index contributed by atoms with van der Waals surface area (Å²) in [5.74, 6) is -1.87. The Morgan fingerprint density at radius 2 is 1.71 bits per heavy atom. The highest BCUT2D eigenvalue weighted by molar-refractivity contribution is 6.01. The SMILES string of the molecule is CC1CCCC(C)N1[13CH2][13C](=O)[15NH]C[13CH2][13C](=O)ON1C(=O)CCC1=O. The molecule has 0 aromatic heterocycles. The van der Waals surface area contributed by atoms with Gasteiger partial charge in [-0.2, -0.15) is 0 Å². The Kier molecular flexibility index (Phi) is 6.30. The standard InChI is InChI=1S/C16H25N3O5/c1-11-4-3-5-12(2)18(11)10-13(20)17-9-8-16(23)24-19-14(21)6-7-15(19)22/h11-12H,3-10H2,1-2H3,(H,17,20)/i8+1,10+1,13+1,16+1,17+1. The van der Waals surface area contributed by atoms with Gasteiger partial charge in [-0.3, -0.25) is 19.3 Å². The fourth-order valence-corrected chi connectivity index (χ4v) is 3.12. The van der Waals surface area contributed by atoms with Crippen LogP contribution in [0.3, 0.4) is 0 Å². The summed E-state index contributed by atoms with van der Waals surface area (Å²) in [5, 5.41) is 3.19.